The van der Waals surface area contributed by atoms with Crippen LogP contribution in [0.4, 0.5) is 5.69 Å². The lowest BCUT2D eigenvalue weighted by Crippen LogP contribution is -2.63. The molecule has 0 radical (unpaired) electrons. The normalized spacial score (nSPS) is 46.9. The lowest BCUT2D eigenvalue weighted by molar-refractivity contribution is -0.172. The average molecular weight is 575 g/mol. The number of nitrogens with zero attached hydrogens (tertiary/aromatic N) is 1. The molecule has 0 heterocycles. The van der Waals surface area contributed by atoms with Gasteiger partial charge in [0.2, 0.25) is 0 Å². The summed E-state index contributed by atoms with van der Waals surface area (Å²) in [5.74, 6) is 3.07. The number of hydrogen-bond donors (Lipinski definition) is 2. The van der Waals surface area contributed by atoms with Gasteiger partial charge in [-0.2, -0.15) is 5.26 Å². The Morgan fingerprint density at radius 1 is 1.03 bits per heavy atom. The summed E-state index contributed by atoms with van der Waals surface area (Å²) < 4.78 is 0.291. The molecule has 0 spiro atoms. The Balaban J connectivity index is 1.39. The molecule has 2 N–H and O–H groups in total. The predicted octanol–water partition coefficient (Wildman–Crippen LogP) is 7.72. The van der Waals surface area contributed by atoms with E-state index in [2.05, 4.69) is 67.7 Å². The van der Waals surface area contributed by atoms with Gasteiger partial charge in [-0.05, 0) is 124 Å². The van der Waals surface area contributed by atoms with Crippen LogP contribution in [0.3, 0.4) is 0 Å². The lowest BCUT2D eigenvalue weighted by atomic mass is 9.38. The van der Waals surface area contributed by atoms with Crippen LogP contribution in [-0.2, 0) is 0 Å². The van der Waals surface area contributed by atoms with Crippen molar-refractivity contribution in [3.63, 3.8) is 0 Å². The molecule has 4 saturated carbocycles. The quantitative estimate of drug-likeness (QED) is 0.287. The van der Waals surface area contributed by atoms with Gasteiger partial charge < -0.3 is 10.4 Å². The summed E-state index contributed by atoms with van der Waals surface area (Å²) in [6.07, 6.45) is 12.5. The molecule has 4 aliphatic rings. The van der Waals surface area contributed by atoms with E-state index in [4.69, 9.17) is 0 Å². The van der Waals surface area contributed by atoms with Gasteiger partial charge in [-0.3, -0.25) is 0 Å². The molecule has 9 atom stereocenters. The third-order valence-corrected chi connectivity index (χ3v) is 13.1. The number of nitrogens with one attached hydrogen (secondary N) is 1. The minimum atomic E-state index is -0.475. The SMILES string of the molecule is C[C@H](Nc1cccc(C#N)c1)C1CCC[C@@]2(C)[C@@H]3CC[C@]4(I)C[C@](C)(O)CC[C@@H]4C3CC[C@]12C. The van der Waals surface area contributed by atoms with Crippen molar-refractivity contribution in [2.24, 2.45) is 34.5 Å². The second kappa shape index (κ2) is 8.65. The maximum atomic E-state index is 10.9. The zero-order valence-electron chi connectivity index (χ0n) is 21.5. The van der Waals surface area contributed by atoms with E-state index in [1.54, 1.807) is 0 Å². The fourth-order valence-corrected chi connectivity index (χ4v) is 11.5. The van der Waals surface area contributed by atoms with Gasteiger partial charge >= 0.3 is 0 Å². The number of rotatable bonds is 3. The number of aliphatic hydroxyl groups is 1. The zero-order valence-corrected chi connectivity index (χ0v) is 23.7. The van der Waals surface area contributed by atoms with Crippen LogP contribution < -0.4 is 5.32 Å². The van der Waals surface area contributed by atoms with Crippen LogP contribution in [0.5, 0.6) is 0 Å². The molecular formula is C30H43IN2O. The van der Waals surface area contributed by atoms with Crippen LogP contribution in [0.25, 0.3) is 0 Å². The first-order valence-electron chi connectivity index (χ1n) is 13.7. The first-order chi connectivity index (χ1) is 16.0. The van der Waals surface area contributed by atoms with E-state index in [1.807, 2.05) is 18.2 Å². The number of anilines is 1. The van der Waals surface area contributed by atoms with Crippen LogP contribution in [0.2, 0.25) is 0 Å². The van der Waals surface area contributed by atoms with Crippen molar-refractivity contribution in [3.8, 4) is 6.07 Å². The Morgan fingerprint density at radius 2 is 1.79 bits per heavy atom. The Hall–Kier alpha value is -0.800. The maximum Gasteiger partial charge on any atom is 0.0992 e. The van der Waals surface area contributed by atoms with Crippen LogP contribution in [-0.4, -0.2) is 20.2 Å². The highest BCUT2D eigenvalue weighted by Gasteiger charge is 2.64. The van der Waals surface area contributed by atoms with Gasteiger partial charge in [0.1, 0.15) is 0 Å². The second-order valence-electron chi connectivity index (χ2n) is 13.2. The molecule has 5 rings (SSSR count). The standard InChI is InChI=1S/C30H43IN2O/c1-20(33-22-8-5-7-21(17-22)18-32)24-9-6-13-28(3)25-12-16-30(31)19-27(2,34)14-11-26(30)23(25)10-15-29(24,28)4/h5,7-8,17,20,23-26,33-34H,6,9-16,19H2,1-4H3/t20-,23?,24?,25+,26+,27+,28-,29+,30-/m0/s1. The van der Waals surface area contributed by atoms with Crippen molar-refractivity contribution in [1.82, 2.24) is 0 Å². The molecule has 0 saturated heterocycles. The summed E-state index contributed by atoms with van der Waals surface area (Å²) in [6, 6.07) is 10.7. The highest BCUT2D eigenvalue weighted by molar-refractivity contribution is 14.1. The van der Waals surface area contributed by atoms with Gasteiger partial charge in [0.15, 0.2) is 0 Å². The summed E-state index contributed by atoms with van der Waals surface area (Å²) in [6.45, 7) is 9.75. The number of fused-ring (bicyclic) bond motifs is 5. The van der Waals surface area contributed by atoms with Gasteiger partial charge in [-0.25, -0.2) is 0 Å². The lowest BCUT2D eigenvalue weighted by Gasteiger charge is -2.68. The summed E-state index contributed by atoms with van der Waals surface area (Å²) in [7, 11) is 0. The Kier molecular flexibility index (Phi) is 6.33. The minimum Gasteiger partial charge on any atom is -0.390 e. The Labute approximate surface area is 220 Å². The largest absolute Gasteiger partial charge is 0.390 e. The molecule has 3 nitrogen and oxygen atoms in total. The van der Waals surface area contributed by atoms with Gasteiger partial charge in [0.05, 0.1) is 17.2 Å². The molecular weight excluding hydrogens is 531 g/mol. The summed E-state index contributed by atoms with van der Waals surface area (Å²) in [5, 5.41) is 24.0. The topological polar surface area (TPSA) is 56.0 Å². The molecule has 2 unspecified atom stereocenters. The van der Waals surface area contributed by atoms with Crippen LogP contribution in [0, 0.1) is 45.8 Å². The Morgan fingerprint density at radius 3 is 2.56 bits per heavy atom. The average Bonchev–Trinajstić information content (AvgIpc) is 2.77. The van der Waals surface area contributed by atoms with Crippen molar-refractivity contribution in [2.75, 3.05) is 5.32 Å². The maximum absolute atomic E-state index is 10.9. The van der Waals surface area contributed by atoms with Crippen LogP contribution in [0.1, 0.15) is 97.5 Å². The highest BCUT2D eigenvalue weighted by atomic mass is 127. The minimum absolute atomic E-state index is 0.291. The summed E-state index contributed by atoms with van der Waals surface area (Å²) in [4.78, 5) is 0. The van der Waals surface area contributed by atoms with Gasteiger partial charge in [0, 0.05) is 15.2 Å². The van der Waals surface area contributed by atoms with Crippen molar-refractivity contribution < 1.29 is 5.11 Å². The van der Waals surface area contributed by atoms with E-state index in [0.717, 1.165) is 41.8 Å². The molecule has 0 aliphatic heterocycles. The number of benzene rings is 1. The molecule has 0 bridgehead atoms. The fraction of sp³-hybridized carbons (Fsp3) is 0.767. The van der Waals surface area contributed by atoms with Crippen LogP contribution in [0.15, 0.2) is 24.3 Å². The predicted molar refractivity (Wildman–Crippen MR) is 148 cm³/mol. The van der Waals surface area contributed by atoms with E-state index >= 15 is 0 Å². The zero-order chi connectivity index (χ0) is 24.4. The second-order valence-corrected chi connectivity index (χ2v) is 15.3. The molecule has 1 aromatic carbocycles. The molecule has 1 aromatic rings. The van der Waals surface area contributed by atoms with Crippen LogP contribution >= 0.6 is 22.6 Å². The fourth-order valence-electron chi connectivity index (χ4n) is 9.64. The smallest absolute Gasteiger partial charge is 0.0992 e. The molecule has 4 fully saturated rings. The van der Waals surface area contributed by atoms with Gasteiger partial charge in [-0.15, -0.1) is 0 Å². The Bertz CT molecular complexity index is 971. The third kappa shape index (κ3) is 3.92. The molecule has 4 heteroatoms. The molecule has 0 aromatic heterocycles. The molecule has 34 heavy (non-hydrogen) atoms. The van der Waals surface area contributed by atoms with Crippen molar-refractivity contribution >= 4 is 28.3 Å². The highest BCUT2D eigenvalue weighted by Crippen LogP contribution is 2.71. The summed E-state index contributed by atoms with van der Waals surface area (Å²) in [5.41, 5.74) is 2.07. The number of alkyl halides is 1. The molecule has 0 amide bonds. The number of halogens is 1. The first-order valence-corrected chi connectivity index (χ1v) is 14.8. The van der Waals surface area contributed by atoms with Gasteiger partial charge in [-0.1, -0.05) is 48.9 Å². The number of hydrogen-bond acceptors (Lipinski definition) is 3. The van der Waals surface area contributed by atoms with E-state index in [-0.39, 0.29) is 0 Å². The van der Waals surface area contributed by atoms with Gasteiger partial charge in [0.25, 0.3) is 0 Å². The monoisotopic (exact) mass is 574 g/mol. The summed E-state index contributed by atoms with van der Waals surface area (Å²) >= 11 is 2.78. The van der Waals surface area contributed by atoms with E-state index in [0.29, 0.717) is 26.2 Å². The third-order valence-electron chi connectivity index (χ3n) is 11.4. The number of nitriles is 1. The van der Waals surface area contributed by atoms with Crippen molar-refractivity contribution in [3.05, 3.63) is 29.8 Å². The first kappa shape index (κ1) is 24.9. The van der Waals surface area contributed by atoms with E-state index in [1.165, 1.54) is 51.4 Å². The molecule has 186 valence electrons. The van der Waals surface area contributed by atoms with Crippen molar-refractivity contribution in [1.29, 1.82) is 5.26 Å². The van der Waals surface area contributed by atoms with E-state index < -0.39 is 5.60 Å². The molecule has 4 aliphatic carbocycles. The van der Waals surface area contributed by atoms with Crippen molar-refractivity contribution in [2.45, 2.75) is 107 Å². The van der Waals surface area contributed by atoms with E-state index in [9.17, 15) is 10.4 Å².